The highest BCUT2D eigenvalue weighted by Gasteiger charge is 2.26. The van der Waals surface area contributed by atoms with Crippen LogP contribution in [-0.4, -0.2) is 45.4 Å². The van der Waals surface area contributed by atoms with E-state index >= 15 is 0 Å². The van der Waals surface area contributed by atoms with E-state index in [0.717, 1.165) is 51.7 Å². The van der Waals surface area contributed by atoms with Crippen LogP contribution < -0.4 is 15.5 Å². The van der Waals surface area contributed by atoms with Crippen LogP contribution in [0, 0.1) is 24.2 Å². The van der Waals surface area contributed by atoms with Crippen LogP contribution in [0.2, 0.25) is 0 Å². The largest absolute Gasteiger partial charge is 0.491 e. The van der Waals surface area contributed by atoms with Gasteiger partial charge in [0, 0.05) is 17.3 Å². The van der Waals surface area contributed by atoms with E-state index in [2.05, 4.69) is 118 Å². The van der Waals surface area contributed by atoms with E-state index in [9.17, 15) is 10.5 Å². The highest BCUT2D eigenvalue weighted by Crippen LogP contribution is 2.37. The molecule has 0 aliphatic heterocycles. The third-order valence-electron chi connectivity index (χ3n) is 7.40. The van der Waals surface area contributed by atoms with Crippen molar-refractivity contribution in [2.45, 2.75) is 80.6 Å². The van der Waals surface area contributed by atoms with E-state index in [1.54, 1.807) is 0 Å². The van der Waals surface area contributed by atoms with Crippen molar-refractivity contribution in [3.8, 4) is 22.9 Å². The molecule has 0 saturated carbocycles. The number of thiol groups is 1. The van der Waals surface area contributed by atoms with Crippen molar-refractivity contribution in [1.29, 1.82) is 5.26 Å². The Balaban J connectivity index is 0.00000151. The molecule has 0 bridgehead atoms. The van der Waals surface area contributed by atoms with Crippen molar-refractivity contribution in [2.24, 2.45) is 5.92 Å². The first kappa shape index (κ1) is 40.6. The Morgan fingerprint density at radius 2 is 1.65 bits per heavy atom. The summed E-state index contributed by atoms with van der Waals surface area (Å²) in [6.07, 6.45) is 2.24. The number of quaternary nitrogens is 1. The van der Waals surface area contributed by atoms with Crippen LogP contribution in [0.1, 0.15) is 90.5 Å². The van der Waals surface area contributed by atoms with E-state index in [1.807, 2.05) is 39.0 Å². The molecule has 48 heavy (non-hydrogen) atoms. The molecule has 1 unspecified atom stereocenters. The number of nitrogens with zero attached hydrogens (tertiary/aromatic N) is 4. The normalized spacial score (nSPS) is 12.2. The molecule has 0 aliphatic carbocycles. The number of ether oxygens (including phenoxy) is 1. The van der Waals surface area contributed by atoms with Gasteiger partial charge in [-0.3, -0.25) is 0 Å². The monoisotopic (exact) mass is 693 g/mol. The van der Waals surface area contributed by atoms with E-state index in [-0.39, 0.29) is 11.4 Å². The number of aryl methyl sites for hydroxylation is 1. The minimum absolute atomic E-state index is 0.271. The zero-order chi connectivity index (χ0) is 36.1. The van der Waals surface area contributed by atoms with E-state index < -0.39 is 4.16 Å². The van der Waals surface area contributed by atoms with E-state index in [1.165, 1.54) is 13.5 Å². The minimum atomic E-state index is -0.791. The van der Waals surface area contributed by atoms with E-state index in [4.69, 9.17) is 16.3 Å². The number of hydrogen-bond donors (Lipinski definition) is 4. The van der Waals surface area contributed by atoms with Gasteiger partial charge in [0.2, 0.25) is 0 Å². The van der Waals surface area contributed by atoms with Gasteiger partial charge in [0.15, 0.2) is 0 Å². The summed E-state index contributed by atoms with van der Waals surface area (Å²) in [6, 6.07) is 20.9. The summed E-state index contributed by atoms with van der Waals surface area (Å²) >= 11 is 9.90. The molecular weight excluding hydrogens is 640 g/mol. The summed E-state index contributed by atoms with van der Waals surface area (Å²) < 4.78 is 4.97. The molecule has 0 fully saturated rings. The second-order valence-corrected chi connectivity index (χ2v) is 13.6. The summed E-state index contributed by atoms with van der Waals surface area (Å²) in [5, 5.41) is 24.2. The number of rotatable bonds is 12. The zero-order valence-electron chi connectivity index (χ0n) is 30.3. The second kappa shape index (κ2) is 18.8. The number of nitrogens with one attached hydrogen (secondary N) is 2. The first-order valence-corrected chi connectivity index (χ1v) is 17.7. The fourth-order valence-corrected chi connectivity index (χ4v) is 5.12. The summed E-state index contributed by atoms with van der Waals surface area (Å²) in [7, 11) is 1.47. The summed E-state index contributed by atoms with van der Waals surface area (Å²) in [6.45, 7) is 20.0. The van der Waals surface area contributed by atoms with Crippen LogP contribution in [0.25, 0.3) is 22.0 Å². The van der Waals surface area contributed by atoms with Gasteiger partial charge in [0.1, 0.15) is 44.1 Å². The van der Waals surface area contributed by atoms with Gasteiger partial charge >= 0.3 is 0 Å². The third kappa shape index (κ3) is 11.3. The summed E-state index contributed by atoms with van der Waals surface area (Å²) in [4.78, 5) is 9.24. The fraction of sp³-hybridized carbons (Fsp3) is 0.447. The lowest BCUT2D eigenvalue weighted by Crippen LogP contribution is -2.36. The van der Waals surface area contributed by atoms with Crippen molar-refractivity contribution in [1.82, 2.24) is 9.97 Å². The fourth-order valence-electron chi connectivity index (χ4n) is 4.96. The van der Waals surface area contributed by atoms with Crippen LogP contribution in [0.15, 0.2) is 54.6 Å². The molecule has 4 aromatic rings. The van der Waals surface area contributed by atoms with Crippen LogP contribution in [0.5, 0.6) is 5.75 Å². The first-order chi connectivity index (χ1) is 22.7. The SMILES string of the molecule is CC.CCC.Cc1cc(C(C)(C)c2ccc(-c3ccc4nc(N[N+](C)(O)S)nc(NCCC(C)C)c4c3)cc2)cc(C#N)c1OCCCl. The number of hydrogen-bond acceptors (Lipinski definition) is 8. The Morgan fingerprint density at radius 3 is 2.21 bits per heavy atom. The standard InChI is InChI=1S/C33H40ClN6O2S.C3H8.C2H6/c1-21(2)13-15-36-31-28-19-24(9-12-29(28)37-32(38-31)39-40(6,41)43)23-7-10-26(11-8-23)33(4,5)27-17-22(3)30(42-16-14-34)25(18-27)20-35;1-3-2;1-2/h7-12,17-19,21,41,43H,13-16H2,1-6H3,(H2,36,37,38,39);3H2,1-2H3;1-2H3/q+1;;. The van der Waals surface area contributed by atoms with Crippen molar-refractivity contribution in [3.63, 3.8) is 0 Å². The number of halogens is 1. The lowest BCUT2D eigenvalue weighted by Gasteiger charge is -2.28. The van der Waals surface area contributed by atoms with Gasteiger partial charge in [-0.2, -0.15) is 20.9 Å². The molecule has 3 N–H and O–H groups in total. The van der Waals surface area contributed by atoms with Crippen LogP contribution in [-0.2, 0) is 5.41 Å². The maximum absolute atomic E-state index is 10.1. The zero-order valence-corrected chi connectivity index (χ0v) is 31.9. The number of hydroxylamine groups is 1. The van der Waals surface area contributed by atoms with Crippen molar-refractivity contribution in [3.05, 3.63) is 76.9 Å². The lowest BCUT2D eigenvalue weighted by atomic mass is 9.76. The number of nitriles is 1. The lowest BCUT2D eigenvalue weighted by molar-refractivity contribution is -0.955. The molecule has 1 aromatic heterocycles. The number of aromatic nitrogens is 2. The Labute approximate surface area is 298 Å². The number of alkyl halides is 1. The number of anilines is 2. The molecule has 0 radical (unpaired) electrons. The van der Waals surface area contributed by atoms with E-state index in [0.29, 0.717) is 35.5 Å². The quantitative estimate of drug-likeness (QED) is 0.0507. The molecule has 4 rings (SSSR count). The molecule has 0 saturated heterocycles. The van der Waals surface area contributed by atoms with Crippen molar-refractivity contribution in [2.75, 3.05) is 36.8 Å². The summed E-state index contributed by atoms with van der Waals surface area (Å²) in [5.41, 5.74) is 8.86. The summed E-state index contributed by atoms with van der Waals surface area (Å²) in [5.74, 6) is 2.46. The van der Waals surface area contributed by atoms with Crippen LogP contribution >= 0.6 is 24.4 Å². The Kier molecular flexibility index (Phi) is 16.0. The predicted molar refractivity (Wildman–Crippen MR) is 205 cm³/mol. The number of fused-ring (bicyclic) bond motifs is 1. The molecule has 8 nitrogen and oxygen atoms in total. The van der Waals surface area contributed by atoms with Gasteiger partial charge in [-0.25, -0.2) is 4.98 Å². The van der Waals surface area contributed by atoms with Gasteiger partial charge < -0.3 is 10.1 Å². The molecule has 0 spiro atoms. The second-order valence-electron chi connectivity index (χ2n) is 12.5. The third-order valence-corrected chi connectivity index (χ3v) is 7.66. The Bertz CT molecular complexity index is 1650. The molecule has 260 valence electrons. The Morgan fingerprint density at radius 1 is 1.02 bits per heavy atom. The highest BCUT2D eigenvalue weighted by molar-refractivity contribution is 7.74. The minimum Gasteiger partial charge on any atom is -0.491 e. The van der Waals surface area contributed by atoms with Gasteiger partial charge in [0.25, 0.3) is 5.95 Å². The number of benzene rings is 3. The first-order valence-electron chi connectivity index (χ1n) is 16.7. The molecule has 10 heteroatoms. The predicted octanol–water partition coefficient (Wildman–Crippen LogP) is 10.3. The molecule has 1 heterocycles. The van der Waals surface area contributed by atoms with Gasteiger partial charge in [0.05, 0.1) is 17.0 Å². The van der Waals surface area contributed by atoms with Crippen molar-refractivity contribution < 1.29 is 14.1 Å². The highest BCUT2D eigenvalue weighted by atomic mass is 35.5. The topological polar surface area (TPSA) is 103 Å². The van der Waals surface area contributed by atoms with Crippen LogP contribution in [0.3, 0.4) is 0 Å². The average Bonchev–Trinajstić information content (AvgIpc) is 3.04. The molecular formula is C38H54ClN6O2S+. The van der Waals surface area contributed by atoms with Crippen LogP contribution in [0.4, 0.5) is 11.8 Å². The van der Waals surface area contributed by atoms with Gasteiger partial charge in [-0.1, -0.05) is 98.2 Å². The molecule has 0 amide bonds. The molecule has 3 aromatic carbocycles. The Hall–Kier alpha value is -3.55. The average molecular weight is 694 g/mol. The van der Waals surface area contributed by atoms with Gasteiger partial charge in [-0.15, -0.1) is 11.6 Å². The smallest absolute Gasteiger partial charge is 0.275 e. The van der Waals surface area contributed by atoms with Crippen molar-refractivity contribution >= 4 is 47.1 Å². The van der Waals surface area contributed by atoms with Gasteiger partial charge in [-0.05, 0) is 69.4 Å². The molecule has 1 atom stereocenters. The maximum Gasteiger partial charge on any atom is 0.275 e. The maximum atomic E-state index is 10.1. The molecule has 0 aliphatic rings.